The second-order valence-electron chi connectivity index (χ2n) is 10.6. The van der Waals surface area contributed by atoms with E-state index in [1.54, 1.807) is 63.4 Å². The molecular formula is C31H36ClN9O5S. The summed E-state index contributed by atoms with van der Waals surface area (Å²) in [4.78, 5) is 57.2. The fraction of sp³-hybridized carbons (Fsp3) is 0.258. The number of hydrogen-bond acceptors (Lipinski definition) is 7. The lowest BCUT2D eigenvalue weighted by Gasteiger charge is -2.18. The molecule has 0 saturated carbocycles. The van der Waals surface area contributed by atoms with Gasteiger partial charge in [0.1, 0.15) is 5.84 Å². The van der Waals surface area contributed by atoms with Gasteiger partial charge in [0.25, 0.3) is 5.91 Å². The first-order valence-corrected chi connectivity index (χ1v) is 15.9. The molecule has 0 radical (unpaired) electrons. The van der Waals surface area contributed by atoms with Gasteiger partial charge >= 0.3 is 18.1 Å². The molecule has 0 unspecified atom stereocenters. The zero-order chi connectivity index (χ0) is 34.2. The monoisotopic (exact) mass is 681 g/mol. The number of thioether (sulfide) groups is 1. The quantitative estimate of drug-likeness (QED) is 0.0515. The highest BCUT2D eigenvalue weighted by molar-refractivity contribution is 7.99. The molecule has 0 bridgehead atoms. The minimum absolute atomic E-state index is 0.00888. The summed E-state index contributed by atoms with van der Waals surface area (Å²) in [6, 6.07) is 9.13. The number of nitrogens with two attached hydrogens (primary N) is 1. The summed E-state index contributed by atoms with van der Waals surface area (Å²) in [7, 11) is 4.72. The zero-order valence-electron chi connectivity index (χ0n) is 26.3. The molecule has 248 valence electrons. The minimum atomic E-state index is -0.422. The highest BCUT2D eigenvalue weighted by atomic mass is 35.5. The number of carbonyl (C=O) groups is 4. The Hall–Kier alpha value is -5.15. The fourth-order valence-electron chi connectivity index (χ4n) is 4.49. The summed E-state index contributed by atoms with van der Waals surface area (Å²) < 4.78 is 3.98. The topological polar surface area (TPSA) is 163 Å². The molecule has 4 N–H and O–H groups in total. The van der Waals surface area contributed by atoms with Gasteiger partial charge < -0.3 is 21.2 Å². The van der Waals surface area contributed by atoms with Crippen LogP contribution in [0.1, 0.15) is 22.3 Å². The van der Waals surface area contributed by atoms with Crippen molar-refractivity contribution in [2.45, 2.75) is 18.2 Å². The molecule has 3 heterocycles. The number of aromatic nitrogens is 3. The summed E-state index contributed by atoms with van der Waals surface area (Å²) in [6.45, 7) is 2.17. The number of hydrogen-bond donors (Lipinski definition) is 3. The number of nitrogens with one attached hydrogen (secondary N) is 1. The molecule has 0 fully saturated rings. The van der Waals surface area contributed by atoms with Crippen LogP contribution in [0.5, 0.6) is 0 Å². The molecule has 0 aliphatic rings. The maximum atomic E-state index is 13.2. The van der Waals surface area contributed by atoms with Crippen LogP contribution in [0.3, 0.4) is 0 Å². The van der Waals surface area contributed by atoms with E-state index in [1.165, 1.54) is 59.4 Å². The predicted molar refractivity (Wildman–Crippen MR) is 184 cm³/mol. The SMILES string of the molecule is Cc1cc(C(=O)Nc2ccn(C(=O)N(C)c3ccn(C(=O)N(C)c4ccn(C(=O)N(C)CCC(N)=NO)c4)c3)c2)ccc1SCCCl. The van der Waals surface area contributed by atoms with E-state index in [-0.39, 0.29) is 30.7 Å². The lowest BCUT2D eigenvalue weighted by Crippen LogP contribution is -2.33. The first-order valence-electron chi connectivity index (χ1n) is 14.4. The van der Waals surface area contributed by atoms with Crippen LogP contribution in [0, 0.1) is 6.92 Å². The third kappa shape index (κ3) is 8.37. The second kappa shape index (κ2) is 15.4. The predicted octanol–water partition coefficient (Wildman–Crippen LogP) is 5.23. The molecule has 4 aromatic rings. The molecule has 4 amide bonds. The lowest BCUT2D eigenvalue weighted by atomic mass is 10.1. The first kappa shape index (κ1) is 34.7. The van der Waals surface area contributed by atoms with E-state index in [4.69, 9.17) is 22.5 Å². The van der Waals surface area contributed by atoms with Gasteiger partial charge in [-0.1, -0.05) is 5.16 Å². The van der Waals surface area contributed by atoms with E-state index < -0.39 is 12.1 Å². The van der Waals surface area contributed by atoms with Crippen molar-refractivity contribution in [3.63, 3.8) is 0 Å². The Morgan fingerprint density at radius 2 is 1.47 bits per heavy atom. The van der Waals surface area contributed by atoms with Gasteiger partial charge in [-0.15, -0.1) is 23.4 Å². The van der Waals surface area contributed by atoms with Gasteiger partial charge in [0.05, 0.1) is 17.1 Å². The van der Waals surface area contributed by atoms with E-state index in [0.717, 1.165) is 16.2 Å². The van der Waals surface area contributed by atoms with Crippen LogP contribution in [-0.2, 0) is 0 Å². The average Bonchev–Trinajstić information content (AvgIpc) is 3.86. The number of amidine groups is 1. The van der Waals surface area contributed by atoms with Crippen molar-refractivity contribution in [2.24, 2.45) is 10.9 Å². The van der Waals surface area contributed by atoms with E-state index in [1.807, 2.05) is 19.1 Å². The third-order valence-corrected chi connectivity index (χ3v) is 8.84. The van der Waals surface area contributed by atoms with E-state index in [2.05, 4.69) is 10.5 Å². The number of amides is 4. The van der Waals surface area contributed by atoms with Crippen molar-refractivity contribution in [3.05, 3.63) is 84.7 Å². The van der Waals surface area contributed by atoms with E-state index >= 15 is 0 Å². The number of nitrogens with zero attached hydrogens (tertiary/aromatic N) is 7. The highest BCUT2D eigenvalue weighted by Gasteiger charge is 2.20. The number of aryl methyl sites for hydroxylation is 1. The number of rotatable bonds is 10. The lowest BCUT2D eigenvalue weighted by molar-refractivity contribution is 0.102. The summed E-state index contributed by atoms with van der Waals surface area (Å²) in [5, 5.41) is 14.4. The van der Waals surface area contributed by atoms with Gasteiger partial charge in [0.15, 0.2) is 0 Å². The summed E-state index contributed by atoms with van der Waals surface area (Å²) in [6.07, 6.45) is 9.35. The van der Waals surface area contributed by atoms with Crippen molar-refractivity contribution in [3.8, 4) is 0 Å². The number of halogens is 1. The standard InChI is InChI=1S/C31H36ClN9O5S/c1-21-17-22(5-6-26(21)47-16-11-32)28(42)34-23-7-13-39(18-23)30(44)37(3)25-9-15-41(20-25)31(45)38(4)24-8-14-40(19-24)29(43)36(2)12-10-27(33)35-46/h5-9,13-15,17-20,46H,10-12,16H2,1-4H3,(H2,33,35)(H,34,42). The summed E-state index contributed by atoms with van der Waals surface area (Å²) in [5.41, 5.74) is 8.32. The molecular weight excluding hydrogens is 646 g/mol. The molecule has 1 aromatic carbocycles. The molecule has 0 spiro atoms. The molecule has 16 heteroatoms. The fourth-order valence-corrected chi connectivity index (χ4v) is 5.47. The van der Waals surface area contributed by atoms with Crippen LogP contribution < -0.4 is 20.9 Å². The van der Waals surface area contributed by atoms with Crippen molar-refractivity contribution in [2.75, 3.05) is 54.4 Å². The normalized spacial score (nSPS) is 11.3. The number of oxime groups is 1. The molecule has 4 rings (SSSR count). The van der Waals surface area contributed by atoms with Crippen LogP contribution in [0.2, 0.25) is 0 Å². The number of alkyl halides is 1. The Labute approximate surface area is 280 Å². The van der Waals surface area contributed by atoms with Gasteiger partial charge in [0.2, 0.25) is 0 Å². The van der Waals surface area contributed by atoms with Crippen LogP contribution in [0.15, 0.2) is 83.6 Å². The van der Waals surface area contributed by atoms with Crippen LogP contribution in [0.25, 0.3) is 0 Å². The summed E-state index contributed by atoms with van der Waals surface area (Å²) >= 11 is 7.41. The molecule has 0 aliphatic heterocycles. The Morgan fingerprint density at radius 1 is 0.894 bits per heavy atom. The minimum Gasteiger partial charge on any atom is -0.409 e. The molecule has 0 atom stereocenters. The van der Waals surface area contributed by atoms with Crippen LogP contribution in [-0.4, -0.2) is 93.0 Å². The smallest absolute Gasteiger partial charge is 0.332 e. The number of carbonyl (C=O) groups excluding carboxylic acids is 4. The maximum Gasteiger partial charge on any atom is 0.332 e. The third-order valence-electron chi connectivity index (χ3n) is 7.25. The molecule has 47 heavy (non-hydrogen) atoms. The van der Waals surface area contributed by atoms with Crippen LogP contribution >= 0.6 is 23.4 Å². The van der Waals surface area contributed by atoms with E-state index in [9.17, 15) is 19.2 Å². The molecule has 14 nitrogen and oxygen atoms in total. The molecule has 3 aromatic heterocycles. The zero-order valence-corrected chi connectivity index (χ0v) is 27.9. The average molecular weight is 682 g/mol. The Morgan fingerprint density at radius 3 is 2.04 bits per heavy atom. The van der Waals surface area contributed by atoms with Gasteiger partial charge in [-0.3, -0.25) is 28.3 Å². The highest BCUT2D eigenvalue weighted by Crippen LogP contribution is 2.24. The largest absolute Gasteiger partial charge is 0.409 e. The molecule has 0 aliphatic carbocycles. The molecule has 0 saturated heterocycles. The first-order chi connectivity index (χ1) is 22.4. The summed E-state index contributed by atoms with van der Waals surface area (Å²) in [5.74, 6) is 1.03. The van der Waals surface area contributed by atoms with Crippen LogP contribution in [0.4, 0.5) is 31.4 Å². The Bertz CT molecular complexity index is 1800. The second-order valence-corrected chi connectivity index (χ2v) is 12.1. The van der Waals surface area contributed by atoms with Crippen molar-refractivity contribution >= 4 is 70.3 Å². The number of benzene rings is 1. The van der Waals surface area contributed by atoms with E-state index in [0.29, 0.717) is 28.5 Å². The maximum absolute atomic E-state index is 13.2. The van der Waals surface area contributed by atoms with Gasteiger partial charge in [-0.25, -0.2) is 14.4 Å². The van der Waals surface area contributed by atoms with Crippen molar-refractivity contribution in [1.29, 1.82) is 0 Å². The van der Waals surface area contributed by atoms with Crippen molar-refractivity contribution < 1.29 is 24.4 Å². The van der Waals surface area contributed by atoms with Gasteiger partial charge in [0, 0.05) is 93.4 Å². The van der Waals surface area contributed by atoms with Gasteiger partial charge in [-0.05, 0) is 48.9 Å². The van der Waals surface area contributed by atoms with Crippen molar-refractivity contribution in [1.82, 2.24) is 18.6 Å². The number of anilines is 3. The Balaban J connectivity index is 1.36. The van der Waals surface area contributed by atoms with Gasteiger partial charge in [-0.2, -0.15) is 0 Å². The Kier molecular flexibility index (Phi) is 11.4.